The molecule has 3 N–H and O–H groups in total. The summed E-state index contributed by atoms with van der Waals surface area (Å²) in [5.41, 5.74) is 1.05. The van der Waals surface area contributed by atoms with Gasteiger partial charge in [0.25, 0.3) is 5.91 Å². The molecule has 0 aromatic carbocycles. The number of hydrogen-bond acceptors (Lipinski definition) is 6. The molecule has 1 fully saturated rings. The number of hydrogen-bond donors (Lipinski definition) is 2. The number of nitrogens with one attached hydrogen (secondary N) is 1. The summed E-state index contributed by atoms with van der Waals surface area (Å²) in [7, 11) is 0. The highest BCUT2D eigenvalue weighted by atomic mass is 32.1. The van der Waals surface area contributed by atoms with E-state index >= 15 is 0 Å². The van der Waals surface area contributed by atoms with Gasteiger partial charge in [-0.05, 0) is 53.0 Å². The standard InChI is InChI=1S/C20H28N2O5S/c1-6-26-18(25)14-12-9-19(2,3)22-20(4,5)15(12)28-16(14)21-13(23)10-27-17(24)11-7-8-11/h11,22H,6-10H2,1-5H3,(H,21,23)/p+1. The zero-order valence-corrected chi connectivity index (χ0v) is 18.0. The van der Waals surface area contributed by atoms with Crippen LogP contribution in [0.3, 0.4) is 0 Å². The van der Waals surface area contributed by atoms with Crippen LogP contribution in [0.4, 0.5) is 5.00 Å². The molecule has 0 saturated heterocycles. The number of amides is 1. The Morgan fingerprint density at radius 2 is 1.86 bits per heavy atom. The Morgan fingerprint density at radius 1 is 1.18 bits per heavy atom. The first-order valence-electron chi connectivity index (χ1n) is 9.71. The molecule has 3 rings (SSSR count). The Bertz CT molecular complexity index is 808. The largest absolute Gasteiger partial charge is 0.462 e. The lowest BCUT2D eigenvalue weighted by atomic mass is 9.81. The Balaban J connectivity index is 1.87. The van der Waals surface area contributed by atoms with Crippen molar-refractivity contribution >= 4 is 34.2 Å². The Kier molecular flexibility index (Phi) is 5.55. The molecule has 2 heterocycles. The Labute approximate surface area is 169 Å². The monoisotopic (exact) mass is 409 g/mol. The SMILES string of the molecule is CCOC(=O)c1c(NC(=O)COC(=O)C2CC2)sc2c1CC(C)(C)[NH2+]C2(C)C. The van der Waals surface area contributed by atoms with Crippen LogP contribution >= 0.6 is 11.3 Å². The number of nitrogens with two attached hydrogens (primary N) is 1. The van der Waals surface area contributed by atoms with Gasteiger partial charge in [-0.1, -0.05) is 0 Å². The molecule has 1 aliphatic carbocycles. The van der Waals surface area contributed by atoms with E-state index in [1.54, 1.807) is 6.92 Å². The van der Waals surface area contributed by atoms with Crippen molar-refractivity contribution in [2.75, 3.05) is 18.5 Å². The molecule has 28 heavy (non-hydrogen) atoms. The molecule has 1 aromatic heterocycles. The average Bonchev–Trinajstić information content (AvgIpc) is 3.34. The lowest BCUT2D eigenvalue weighted by Gasteiger charge is -2.38. The fraction of sp³-hybridized carbons (Fsp3) is 0.650. The van der Waals surface area contributed by atoms with E-state index in [4.69, 9.17) is 9.47 Å². The fourth-order valence-electron chi connectivity index (χ4n) is 3.95. The Hall–Kier alpha value is -1.93. The Morgan fingerprint density at radius 3 is 2.46 bits per heavy atom. The highest BCUT2D eigenvalue weighted by molar-refractivity contribution is 7.17. The van der Waals surface area contributed by atoms with Gasteiger partial charge in [0.1, 0.15) is 10.5 Å². The molecule has 1 aromatic rings. The molecule has 7 nitrogen and oxygen atoms in total. The van der Waals surface area contributed by atoms with Gasteiger partial charge in [0.15, 0.2) is 6.61 Å². The van der Waals surface area contributed by atoms with Gasteiger partial charge in [-0.15, -0.1) is 11.3 Å². The number of carbonyl (C=O) groups is 3. The molecule has 2 aliphatic rings. The summed E-state index contributed by atoms with van der Waals surface area (Å²) >= 11 is 1.40. The van der Waals surface area contributed by atoms with Crippen molar-refractivity contribution in [2.45, 2.75) is 65.0 Å². The highest BCUT2D eigenvalue weighted by Crippen LogP contribution is 2.42. The van der Waals surface area contributed by atoms with Crippen LogP contribution in [-0.4, -0.2) is 36.6 Å². The van der Waals surface area contributed by atoms with Crippen molar-refractivity contribution in [3.63, 3.8) is 0 Å². The van der Waals surface area contributed by atoms with E-state index in [9.17, 15) is 14.4 Å². The molecular weight excluding hydrogens is 380 g/mol. The molecule has 1 amide bonds. The molecule has 1 saturated carbocycles. The normalized spacial score (nSPS) is 19.5. The van der Waals surface area contributed by atoms with Crippen LogP contribution in [0.15, 0.2) is 0 Å². The van der Waals surface area contributed by atoms with Gasteiger partial charge >= 0.3 is 11.9 Å². The molecule has 0 radical (unpaired) electrons. The third-order valence-corrected chi connectivity index (χ3v) is 6.45. The molecule has 0 spiro atoms. The van der Waals surface area contributed by atoms with Crippen molar-refractivity contribution in [1.82, 2.24) is 0 Å². The van der Waals surface area contributed by atoms with Crippen LogP contribution in [0.5, 0.6) is 0 Å². The number of fused-ring (bicyclic) bond motifs is 1. The molecular formula is C20H29N2O5S+. The van der Waals surface area contributed by atoms with Crippen molar-refractivity contribution in [3.8, 4) is 0 Å². The maximum absolute atomic E-state index is 12.7. The second kappa shape index (κ2) is 7.48. The maximum atomic E-state index is 12.7. The first-order valence-corrected chi connectivity index (χ1v) is 10.5. The van der Waals surface area contributed by atoms with E-state index in [1.807, 2.05) is 0 Å². The minimum atomic E-state index is -0.445. The fourth-order valence-corrected chi connectivity index (χ4v) is 5.24. The van der Waals surface area contributed by atoms with Crippen molar-refractivity contribution in [2.24, 2.45) is 5.92 Å². The first-order chi connectivity index (χ1) is 13.0. The predicted molar refractivity (Wildman–Crippen MR) is 105 cm³/mol. The predicted octanol–water partition coefficient (Wildman–Crippen LogP) is 1.95. The number of ether oxygens (including phenoxy) is 2. The maximum Gasteiger partial charge on any atom is 0.341 e. The molecule has 0 unspecified atom stereocenters. The van der Waals surface area contributed by atoms with Crippen LogP contribution in [0.1, 0.15) is 68.3 Å². The number of esters is 2. The van der Waals surface area contributed by atoms with E-state index in [0.29, 0.717) is 17.0 Å². The third-order valence-electron chi connectivity index (χ3n) is 4.96. The zero-order valence-electron chi connectivity index (χ0n) is 17.1. The molecule has 0 bridgehead atoms. The van der Waals surface area contributed by atoms with Crippen LogP contribution in [0.25, 0.3) is 0 Å². The van der Waals surface area contributed by atoms with Crippen molar-refractivity contribution in [3.05, 3.63) is 16.0 Å². The van der Waals surface area contributed by atoms with Gasteiger partial charge in [-0.3, -0.25) is 9.59 Å². The second-order valence-electron chi connectivity index (χ2n) is 8.80. The van der Waals surface area contributed by atoms with Crippen molar-refractivity contribution < 1.29 is 29.2 Å². The summed E-state index contributed by atoms with van der Waals surface area (Å²) in [5.74, 6) is -1.27. The lowest BCUT2D eigenvalue weighted by Crippen LogP contribution is -3.03. The average molecular weight is 410 g/mol. The molecule has 154 valence electrons. The van der Waals surface area contributed by atoms with Crippen LogP contribution in [0, 0.1) is 5.92 Å². The van der Waals surface area contributed by atoms with Gasteiger partial charge in [0.05, 0.1) is 28.5 Å². The molecule has 8 heteroatoms. The molecule has 0 atom stereocenters. The smallest absolute Gasteiger partial charge is 0.341 e. The van der Waals surface area contributed by atoms with E-state index in [2.05, 4.69) is 38.3 Å². The van der Waals surface area contributed by atoms with Gasteiger partial charge in [-0.2, -0.15) is 0 Å². The summed E-state index contributed by atoms with van der Waals surface area (Å²) in [6.07, 6.45) is 2.35. The summed E-state index contributed by atoms with van der Waals surface area (Å²) in [4.78, 5) is 37.8. The summed E-state index contributed by atoms with van der Waals surface area (Å²) in [5, 5.41) is 5.53. The van der Waals surface area contributed by atoms with Crippen LogP contribution in [-0.2, 0) is 31.0 Å². The number of rotatable bonds is 6. The summed E-state index contributed by atoms with van der Waals surface area (Å²) in [6, 6.07) is 0. The summed E-state index contributed by atoms with van der Waals surface area (Å²) < 4.78 is 10.3. The number of thiophene rings is 1. The van der Waals surface area contributed by atoms with Gasteiger partial charge < -0.3 is 20.1 Å². The van der Waals surface area contributed by atoms with E-state index in [0.717, 1.165) is 23.3 Å². The van der Waals surface area contributed by atoms with Gasteiger partial charge in [-0.25, -0.2) is 4.79 Å². The van der Waals surface area contributed by atoms with E-state index in [1.165, 1.54) is 11.3 Å². The van der Waals surface area contributed by atoms with Crippen molar-refractivity contribution in [1.29, 1.82) is 0 Å². The number of carbonyl (C=O) groups excluding carboxylic acids is 3. The van der Waals surface area contributed by atoms with Crippen LogP contribution < -0.4 is 10.6 Å². The lowest BCUT2D eigenvalue weighted by molar-refractivity contribution is -0.789. The zero-order chi connectivity index (χ0) is 20.7. The minimum Gasteiger partial charge on any atom is -0.462 e. The van der Waals surface area contributed by atoms with E-state index < -0.39 is 11.9 Å². The molecule has 1 aliphatic heterocycles. The van der Waals surface area contributed by atoms with Gasteiger partial charge in [0, 0.05) is 6.42 Å². The highest BCUT2D eigenvalue weighted by Gasteiger charge is 2.45. The topological polar surface area (TPSA) is 98.3 Å². The third kappa shape index (κ3) is 4.38. The second-order valence-corrected chi connectivity index (χ2v) is 9.82. The quantitative estimate of drug-likeness (QED) is 0.700. The summed E-state index contributed by atoms with van der Waals surface area (Å²) in [6.45, 7) is 10.2. The first kappa shape index (κ1) is 20.8. The van der Waals surface area contributed by atoms with Gasteiger partial charge in [0.2, 0.25) is 0 Å². The minimum absolute atomic E-state index is 0.0597. The van der Waals surface area contributed by atoms with Crippen LogP contribution in [0.2, 0.25) is 0 Å². The van der Waals surface area contributed by atoms with E-state index in [-0.39, 0.29) is 36.2 Å². The number of quaternary nitrogens is 1. The number of anilines is 1.